The Kier molecular flexibility index (Phi) is 6.06. The Morgan fingerprint density at radius 3 is 2.52 bits per heavy atom. The molecule has 31 heavy (non-hydrogen) atoms. The Balaban J connectivity index is 1.33. The average molecular weight is 428 g/mol. The van der Waals surface area contributed by atoms with Gasteiger partial charge in [0.05, 0.1) is 11.8 Å². The van der Waals surface area contributed by atoms with Crippen molar-refractivity contribution in [3.8, 4) is 0 Å². The van der Waals surface area contributed by atoms with Gasteiger partial charge in [0.15, 0.2) is 5.76 Å². The molecule has 1 saturated carbocycles. The molecular formula is C21H28N6O4. The van der Waals surface area contributed by atoms with E-state index in [1.807, 2.05) is 14.1 Å². The van der Waals surface area contributed by atoms with Gasteiger partial charge in [-0.15, -0.1) is 0 Å². The van der Waals surface area contributed by atoms with Crippen LogP contribution in [0.15, 0.2) is 16.5 Å². The first-order valence-corrected chi connectivity index (χ1v) is 10.8. The van der Waals surface area contributed by atoms with E-state index in [2.05, 4.69) is 15.5 Å². The number of aryl methyl sites for hydroxylation is 1. The monoisotopic (exact) mass is 428 g/mol. The lowest BCUT2D eigenvalue weighted by atomic mass is 9.91. The summed E-state index contributed by atoms with van der Waals surface area (Å²) in [6.45, 7) is 0. The molecule has 0 radical (unpaired) electrons. The smallest absolute Gasteiger partial charge is 0.395 e. The third-order valence-corrected chi connectivity index (χ3v) is 5.98. The number of rotatable bonds is 6. The number of nitrogens with zero attached hydrogens (tertiary/aromatic N) is 4. The average Bonchev–Trinajstić information content (AvgIpc) is 3.25. The Morgan fingerprint density at radius 1 is 1.13 bits per heavy atom. The van der Waals surface area contributed by atoms with Crippen LogP contribution in [0.4, 0.5) is 17.7 Å². The van der Waals surface area contributed by atoms with E-state index in [1.54, 1.807) is 0 Å². The van der Waals surface area contributed by atoms with E-state index < -0.39 is 16.7 Å². The Labute approximate surface area is 180 Å². The van der Waals surface area contributed by atoms with Gasteiger partial charge in [-0.05, 0) is 57.4 Å². The van der Waals surface area contributed by atoms with Crippen molar-refractivity contribution >= 4 is 23.6 Å². The van der Waals surface area contributed by atoms with Crippen molar-refractivity contribution in [3.63, 3.8) is 0 Å². The maximum absolute atomic E-state index is 12.3. The third-order valence-electron chi connectivity index (χ3n) is 5.98. The summed E-state index contributed by atoms with van der Waals surface area (Å²) in [6.07, 6.45) is 7.74. The molecule has 2 N–H and O–H groups in total. The highest BCUT2D eigenvalue weighted by Crippen LogP contribution is 2.29. The molecule has 0 aromatic carbocycles. The molecule has 2 aromatic heterocycles. The zero-order chi connectivity index (χ0) is 22.0. The van der Waals surface area contributed by atoms with E-state index in [0.29, 0.717) is 5.95 Å². The Morgan fingerprint density at radius 2 is 1.84 bits per heavy atom. The summed E-state index contributed by atoms with van der Waals surface area (Å²) < 4.78 is 4.98. The van der Waals surface area contributed by atoms with E-state index in [-0.39, 0.29) is 17.8 Å². The highest BCUT2D eigenvalue weighted by atomic mass is 16.6. The van der Waals surface area contributed by atoms with Crippen LogP contribution >= 0.6 is 0 Å². The van der Waals surface area contributed by atoms with E-state index in [4.69, 9.17) is 14.4 Å². The predicted octanol–water partition coefficient (Wildman–Crippen LogP) is 3.08. The fourth-order valence-corrected chi connectivity index (χ4v) is 4.38. The molecule has 0 unspecified atom stereocenters. The van der Waals surface area contributed by atoms with Gasteiger partial charge in [-0.1, -0.05) is 0 Å². The summed E-state index contributed by atoms with van der Waals surface area (Å²) in [5.41, 5.74) is 2.42. The van der Waals surface area contributed by atoms with Gasteiger partial charge in [-0.2, -0.15) is 4.98 Å². The SMILES string of the molecule is CN(C)c1nc(NC2CCC(NC(=O)c3ccc([N+](=O)[O-])o3)CC2)nc2c1CCCC2. The molecule has 0 spiro atoms. The molecule has 0 saturated heterocycles. The van der Waals surface area contributed by atoms with Gasteiger partial charge in [-0.25, -0.2) is 4.98 Å². The zero-order valence-corrected chi connectivity index (χ0v) is 17.9. The number of amides is 1. The molecular weight excluding hydrogens is 400 g/mol. The van der Waals surface area contributed by atoms with E-state index in [9.17, 15) is 14.9 Å². The molecule has 0 bridgehead atoms. The van der Waals surface area contributed by atoms with Crippen molar-refractivity contribution in [2.24, 2.45) is 0 Å². The zero-order valence-electron chi connectivity index (χ0n) is 17.9. The molecule has 1 amide bonds. The summed E-state index contributed by atoms with van der Waals surface area (Å²) in [4.78, 5) is 34.0. The number of carbonyl (C=O) groups excluding carboxylic acids is 1. The number of anilines is 2. The summed E-state index contributed by atoms with van der Waals surface area (Å²) in [7, 11) is 4.03. The van der Waals surface area contributed by atoms with Crippen LogP contribution in [0, 0.1) is 10.1 Å². The lowest BCUT2D eigenvalue weighted by molar-refractivity contribution is -0.402. The lowest BCUT2D eigenvalue weighted by Gasteiger charge is -2.30. The second-order valence-electron chi connectivity index (χ2n) is 8.46. The van der Waals surface area contributed by atoms with Gasteiger partial charge < -0.3 is 20.0 Å². The fraction of sp³-hybridized carbons (Fsp3) is 0.571. The van der Waals surface area contributed by atoms with Crippen molar-refractivity contribution in [3.05, 3.63) is 39.3 Å². The van der Waals surface area contributed by atoms with Crippen molar-refractivity contribution < 1.29 is 14.1 Å². The highest BCUT2D eigenvalue weighted by molar-refractivity contribution is 5.91. The standard InChI is InChI=1S/C21H28N6O4/c1-26(2)19-15-5-3-4-6-16(15)24-21(25-19)23-14-9-7-13(8-10-14)22-20(28)17-11-12-18(31-17)27(29)30/h11-14H,3-10H2,1-2H3,(H,22,28)(H,23,24,25). The molecule has 2 aliphatic rings. The molecule has 1 fully saturated rings. The first-order chi connectivity index (χ1) is 14.9. The fourth-order valence-electron chi connectivity index (χ4n) is 4.38. The Hall–Kier alpha value is -3.17. The van der Waals surface area contributed by atoms with Gasteiger partial charge in [0.1, 0.15) is 10.7 Å². The summed E-state index contributed by atoms with van der Waals surface area (Å²) in [5, 5.41) is 17.1. The van der Waals surface area contributed by atoms with Crippen molar-refractivity contribution in [2.45, 2.75) is 63.5 Å². The molecule has 0 aliphatic heterocycles. The van der Waals surface area contributed by atoms with Crippen molar-refractivity contribution in [2.75, 3.05) is 24.3 Å². The molecule has 4 rings (SSSR count). The van der Waals surface area contributed by atoms with Gasteiger partial charge in [-0.3, -0.25) is 14.9 Å². The van der Waals surface area contributed by atoms with Crippen molar-refractivity contribution in [1.82, 2.24) is 15.3 Å². The normalized spacial score (nSPS) is 20.6. The summed E-state index contributed by atoms with van der Waals surface area (Å²) in [5.74, 6) is 0.796. The van der Waals surface area contributed by atoms with E-state index >= 15 is 0 Å². The predicted molar refractivity (Wildman–Crippen MR) is 115 cm³/mol. The number of aromatic nitrogens is 2. The van der Waals surface area contributed by atoms with E-state index in [1.165, 1.54) is 30.5 Å². The number of carbonyl (C=O) groups is 1. The minimum Gasteiger partial charge on any atom is -0.395 e. The summed E-state index contributed by atoms with van der Waals surface area (Å²) in [6, 6.07) is 2.78. The second kappa shape index (κ2) is 8.91. The van der Waals surface area contributed by atoms with Crippen LogP contribution in [0.5, 0.6) is 0 Å². The first-order valence-electron chi connectivity index (χ1n) is 10.8. The topological polar surface area (TPSA) is 126 Å². The van der Waals surface area contributed by atoms with Crippen LogP contribution in [0.2, 0.25) is 0 Å². The lowest BCUT2D eigenvalue weighted by Crippen LogP contribution is -2.40. The number of nitrogens with one attached hydrogen (secondary N) is 2. The van der Waals surface area contributed by atoms with Crippen LogP contribution in [0.1, 0.15) is 60.3 Å². The largest absolute Gasteiger partial charge is 0.433 e. The molecule has 2 heterocycles. The number of nitro groups is 1. The first kappa shape index (κ1) is 21.1. The van der Waals surface area contributed by atoms with Crippen LogP contribution in [0.3, 0.4) is 0 Å². The molecule has 10 nitrogen and oxygen atoms in total. The van der Waals surface area contributed by atoms with Crippen LogP contribution < -0.4 is 15.5 Å². The maximum atomic E-state index is 12.3. The van der Waals surface area contributed by atoms with E-state index in [0.717, 1.165) is 50.0 Å². The number of hydrogen-bond donors (Lipinski definition) is 2. The third kappa shape index (κ3) is 4.78. The highest BCUT2D eigenvalue weighted by Gasteiger charge is 2.26. The molecule has 2 aromatic rings. The molecule has 0 atom stereocenters. The van der Waals surface area contributed by atoms with Gasteiger partial charge in [0.25, 0.3) is 5.91 Å². The summed E-state index contributed by atoms with van der Waals surface area (Å²) >= 11 is 0. The van der Waals surface area contributed by atoms with Gasteiger partial charge >= 0.3 is 5.88 Å². The van der Waals surface area contributed by atoms with Gasteiger partial charge in [0.2, 0.25) is 5.95 Å². The van der Waals surface area contributed by atoms with Gasteiger partial charge in [0, 0.05) is 31.7 Å². The number of furan rings is 1. The molecule has 2 aliphatic carbocycles. The van der Waals surface area contributed by atoms with Crippen LogP contribution in [0.25, 0.3) is 0 Å². The quantitative estimate of drug-likeness (QED) is 0.531. The van der Waals surface area contributed by atoms with Crippen LogP contribution in [-0.4, -0.2) is 47.0 Å². The van der Waals surface area contributed by atoms with Crippen molar-refractivity contribution in [1.29, 1.82) is 0 Å². The Bertz CT molecular complexity index is 965. The molecule has 10 heteroatoms. The number of fused-ring (bicyclic) bond motifs is 1. The number of hydrogen-bond acceptors (Lipinski definition) is 8. The van der Waals surface area contributed by atoms with Crippen LogP contribution in [-0.2, 0) is 12.8 Å². The second-order valence-corrected chi connectivity index (χ2v) is 8.46. The minimum absolute atomic E-state index is 0.0106. The molecule has 166 valence electrons. The maximum Gasteiger partial charge on any atom is 0.433 e. The minimum atomic E-state index is -0.655.